The van der Waals surface area contributed by atoms with E-state index in [-0.39, 0.29) is 17.4 Å². The number of carbonyl (C=O) groups excluding carboxylic acids is 2. The zero-order valence-corrected chi connectivity index (χ0v) is 20.3. The first-order valence-electron chi connectivity index (χ1n) is 10.6. The molecule has 2 aromatic rings. The summed E-state index contributed by atoms with van der Waals surface area (Å²) in [6, 6.07) is 6.09. The van der Waals surface area contributed by atoms with Gasteiger partial charge in [0.05, 0.1) is 29.3 Å². The molecule has 1 amide bonds. The maximum atomic E-state index is 13.1. The predicted octanol–water partition coefficient (Wildman–Crippen LogP) is 5.35. The normalized spacial score (nSPS) is 18.1. The number of nitrogens with zero attached hydrogens (tertiary/aromatic N) is 1. The Morgan fingerprint density at radius 1 is 1.28 bits per heavy atom. The summed E-state index contributed by atoms with van der Waals surface area (Å²) >= 11 is 7.64. The van der Waals surface area contributed by atoms with Crippen molar-refractivity contribution in [1.82, 2.24) is 4.90 Å². The minimum atomic E-state index is -0.696. The summed E-state index contributed by atoms with van der Waals surface area (Å²) < 4.78 is 11.1. The number of hydrogen-bond donors (Lipinski definition) is 1. The van der Waals surface area contributed by atoms with Gasteiger partial charge < -0.3 is 19.5 Å². The molecule has 1 fully saturated rings. The molecule has 1 aliphatic heterocycles. The predicted molar refractivity (Wildman–Crippen MR) is 126 cm³/mol. The van der Waals surface area contributed by atoms with E-state index in [0.717, 1.165) is 10.4 Å². The molecule has 1 unspecified atom stereocenters. The molecule has 0 saturated carbocycles. The van der Waals surface area contributed by atoms with Crippen LogP contribution in [0.25, 0.3) is 5.76 Å². The van der Waals surface area contributed by atoms with E-state index in [1.165, 1.54) is 16.2 Å². The van der Waals surface area contributed by atoms with Crippen LogP contribution in [-0.4, -0.2) is 47.6 Å². The fourth-order valence-electron chi connectivity index (χ4n) is 3.67. The molecule has 8 heteroatoms. The number of likely N-dealkylation sites (tertiary alicyclic amines) is 1. The molecule has 1 saturated heterocycles. The summed E-state index contributed by atoms with van der Waals surface area (Å²) in [5.74, 6) is -1.15. The van der Waals surface area contributed by atoms with E-state index >= 15 is 0 Å². The number of ketones is 1. The van der Waals surface area contributed by atoms with Crippen LogP contribution in [-0.2, 0) is 14.3 Å². The van der Waals surface area contributed by atoms with Gasteiger partial charge in [0.25, 0.3) is 11.7 Å². The molecule has 1 atom stereocenters. The molecule has 3 rings (SSSR count). The van der Waals surface area contributed by atoms with Gasteiger partial charge in [0.1, 0.15) is 11.5 Å². The van der Waals surface area contributed by atoms with Gasteiger partial charge >= 0.3 is 0 Å². The quantitative estimate of drug-likeness (QED) is 0.228. The highest BCUT2D eigenvalue weighted by atomic mass is 35.5. The molecule has 172 valence electrons. The Morgan fingerprint density at radius 3 is 2.66 bits per heavy atom. The molecule has 1 aromatic carbocycles. The van der Waals surface area contributed by atoms with E-state index in [1.807, 2.05) is 39.1 Å². The molecule has 0 aliphatic carbocycles. The first-order valence-corrected chi connectivity index (χ1v) is 11.9. The first kappa shape index (κ1) is 24.3. The number of aliphatic hydroxyl groups is 1. The highest BCUT2D eigenvalue weighted by Crippen LogP contribution is 2.43. The van der Waals surface area contributed by atoms with Crippen molar-refractivity contribution in [3.8, 4) is 5.75 Å². The van der Waals surface area contributed by atoms with Crippen LogP contribution in [0, 0.1) is 6.92 Å². The van der Waals surface area contributed by atoms with Crippen LogP contribution in [0.5, 0.6) is 5.75 Å². The Labute approximate surface area is 197 Å². The fraction of sp³-hybridized carbons (Fsp3) is 0.417. The number of hydrogen-bond acceptors (Lipinski definition) is 6. The zero-order valence-electron chi connectivity index (χ0n) is 18.7. The van der Waals surface area contributed by atoms with E-state index in [2.05, 4.69) is 0 Å². The number of rotatable bonds is 9. The largest absolute Gasteiger partial charge is 0.507 e. The van der Waals surface area contributed by atoms with Crippen LogP contribution in [0.2, 0.25) is 5.02 Å². The monoisotopic (exact) mass is 477 g/mol. The van der Waals surface area contributed by atoms with Crippen LogP contribution in [0.3, 0.4) is 0 Å². The third kappa shape index (κ3) is 5.00. The van der Waals surface area contributed by atoms with Gasteiger partial charge in [-0.1, -0.05) is 11.6 Å². The van der Waals surface area contributed by atoms with Gasteiger partial charge in [-0.25, -0.2) is 0 Å². The van der Waals surface area contributed by atoms with Crippen molar-refractivity contribution < 1.29 is 24.2 Å². The lowest BCUT2D eigenvalue weighted by Crippen LogP contribution is -2.31. The third-order valence-corrected chi connectivity index (χ3v) is 6.57. The maximum absolute atomic E-state index is 13.1. The Balaban J connectivity index is 2.04. The summed E-state index contributed by atoms with van der Waals surface area (Å²) in [5, 5.41) is 13.5. The average Bonchev–Trinajstić information content (AvgIpc) is 3.27. The number of aliphatic hydroxyl groups excluding tert-OH is 1. The van der Waals surface area contributed by atoms with Crippen molar-refractivity contribution in [1.29, 1.82) is 0 Å². The zero-order chi connectivity index (χ0) is 23.4. The smallest absolute Gasteiger partial charge is 0.295 e. The highest BCUT2D eigenvalue weighted by molar-refractivity contribution is 7.10. The van der Waals surface area contributed by atoms with Gasteiger partial charge in [0.2, 0.25) is 0 Å². The molecule has 32 heavy (non-hydrogen) atoms. The van der Waals surface area contributed by atoms with E-state index in [1.54, 1.807) is 18.2 Å². The molecule has 2 heterocycles. The number of thiophene rings is 1. The van der Waals surface area contributed by atoms with E-state index in [9.17, 15) is 14.7 Å². The molecule has 1 aromatic heterocycles. The van der Waals surface area contributed by atoms with E-state index < -0.39 is 17.7 Å². The SMILES string of the molecule is CCOc1cc(/C(O)=C2/C(=O)C(=O)N(CCCOC(C)C)C2c2sccc2C)ccc1Cl. The van der Waals surface area contributed by atoms with Gasteiger partial charge in [-0.05, 0) is 69.3 Å². The molecular formula is C24H28ClNO5S. The third-order valence-electron chi connectivity index (χ3n) is 5.19. The molecule has 1 aliphatic rings. The second-order valence-corrected chi connectivity index (χ2v) is 9.17. The Morgan fingerprint density at radius 2 is 2.03 bits per heavy atom. The number of ether oxygens (including phenoxy) is 2. The molecule has 0 radical (unpaired) electrons. The standard InChI is InChI=1S/C24H28ClNO5S/c1-5-30-18-13-16(7-8-17(18)25)21(27)19-20(23-15(4)9-12-32-23)26(24(29)22(19)28)10-6-11-31-14(2)3/h7-9,12-14,20,27H,5-6,10-11H2,1-4H3/b21-19-. The molecule has 1 N–H and O–H groups in total. The van der Waals surface area contributed by atoms with Crippen molar-refractivity contribution in [2.75, 3.05) is 19.8 Å². The van der Waals surface area contributed by atoms with Crippen LogP contribution >= 0.6 is 22.9 Å². The second kappa shape index (κ2) is 10.5. The lowest BCUT2D eigenvalue weighted by atomic mass is 9.98. The summed E-state index contributed by atoms with van der Waals surface area (Å²) in [4.78, 5) is 28.4. The summed E-state index contributed by atoms with van der Waals surface area (Å²) in [6.45, 7) is 8.89. The maximum Gasteiger partial charge on any atom is 0.295 e. The second-order valence-electron chi connectivity index (χ2n) is 7.81. The highest BCUT2D eigenvalue weighted by Gasteiger charge is 2.46. The minimum absolute atomic E-state index is 0.0788. The van der Waals surface area contributed by atoms with Crippen LogP contribution < -0.4 is 4.74 Å². The lowest BCUT2D eigenvalue weighted by Gasteiger charge is -2.25. The fourth-order valence-corrected chi connectivity index (χ4v) is 4.89. The molecule has 0 bridgehead atoms. The van der Waals surface area contributed by atoms with Gasteiger partial charge in [-0.2, -0.15) is 0 Å². The van der Waals surface area contributed by atoms with Crippen LogP contribution in [0.15, 0.2) is 35.2 Å². The number of aryl methyl sites for hydroxylation is 1. The minimum Gasteiger partial charge on any atom is -0.507 e. The van der Waals surface area contributed by atoms with Crippen molar-refractivity contribution in [2.24, 2.45) is 0 Å². The Kier molecular flexibility index (Phi) is 7.98. The number of carbonyl (C=O) groups is 2. The lowest BCUT2D eigenvalue weighted by molar-refractivity contribution is -0.140. The van der Waals surface area contributed by atoms with Gasteiger partial charge in [0, 0.05) is 23.6 Å². The topological polar surface area (TPSA) is 76.1 Å². The number of halogens is 1. The van der Waals surface area contributed by atoms with Gasteiger partial charge in [0.15, 0.2) is 0 Å². The van der Waals surface area contributed by atoms with Crippen molar-refractivity contribution in [3.63, 3.8) is 0 Å². The van der Waals surface area contributed by atoms with Crippen molar-refractivity contribution in [2.45, 2.75) is 46.3 Å². The number of Topliss-reactive ketones (excluding diaryl/α,β-unsaturated/α-hetero) is 1. The average molecular weight is 478 g/mol. The first-order chi connectivity index (χ1) is 15.3. The molecule has 0 spiro atoms. The number of amides is 1. The molecule has 6 nitrogen and oxygen atoms in total. The summed E-state index contributed by atoms with van der Waals surface area (Å²) in [6.07, 6.45) is 0.673. The van der Waals surface area contributed by atoms with E-state index in [0.29, 0.717) is 42.5 Å². The summed E-state index contributed by atoms with van der Waals surface area (Å²) in [5.41, 5.74) is 1.41. The van der Waals surface area contributed by atoms with Gasteiger partial charge in [-0.15, -0.1) is 11.3 Å². The Bertz CT molecular complexity index is 1030. The summed E-state index contributed by atoms with van der Waals surface area (Å²) in [7, 11) is 0. The van der Waals surface area contributed by atoms with Gasteiger partial charge in [-0.3, -0.25) is 9.59 Å². The van der Waals surface area contributed by atoms with E-state index in [4.69, 9.17) is 21.1 Å². The van der Waals surface area contributed by atoms with Crippen LogP contribution in [0.1, 0.15) is 49.2 Å². The van der Waals surface area contributed by atoms with Crippen molar-refractivity contribution in [3.05, 3.63) is 56.2 Å². The van der Waals surface area contributed by atoms with Crippen LogP contribution in [0.4, 0.5) is 0 Å². The molecular weight excluding hydrogens is 450 g/mol. The number of benzene rings is 1. The van der Waals surface area contributed by atoms with Crippen molar-refractivity contribution >= 4 is 40.4 Å². The Hall–Kier alpha value is -2.35.